The zero-order valence-electron chi connectivity index (χ0n) is 9.35. The monoisotopic (exact) mass is 208 g/mol. The van der Waals surface area contributed by atoms with E-state index in [0.717, 1.165) is 6.54 Å². The van der Waals surface area contributed by atoms with Crippen LogP contribution in [0.25, 0.3) is 11.1 Å². The van der Waals surface area contributed by atoms with Gasteiger partial charge in [0.1, 0.15) is 7.05 Å². The molecule has 0 spiro atoms. The molecular formula is C15H14N+. The van der Waals surface area contributed by atoms with Crippen LogP contribution in [0.15, 0.2) is 48.5 Å². The van der Waals surface area contributed by atoms with Crippen molar-refractivity contribution in [2.24, 2.45) is 0 Å². The molecule has 1 heterocycles. The predicted octanol–water partition coefficient (Wildman–Crippen LogP) is 2.93. The Morgan fingerprint density at radius 2 is 1.56 bits per heavy atom. The fourth-order valence-corrected chi connectivity index (χ4v) is 2.33. The van der Waals surface area contributed by atoms with Crippen LogP contribution < -0.4 is 0 Å². The van der Waals surface area contributed by atoms with Gasteiger partial charge in [0, 0.05) is 11.1 Å². The van der Waals surface area contributed by atoms with E-state index in [1.807, 2.05) is 0 Å². The molecule has 1 nitrogen and oxygen atoms in total. The summed E-state index contributed by atoms with van der Waals surface area (Å²) >= 11 is 0. The van der Waals surface area contributed by atoms with E-state index in [-0.39, 0.29) is 0 Å². The first-order valence-corrected chi connectivity index (χ1v) is 5.57. The Morgan fingerprint density at radius 1 is 0.875 bits per heavy atom. The molecule has 2 aromatic carbocycles. The highest BCUT2D eigenvalue weighted by Gasteiger charge is 2.15. The van der Waals surface area contributed by atoms with E-state index < -0.39 is 0 Å². The SMILES string of the molecule is C[N+]1=Cc2ccccc2-c2ccccc2C1. The van der Waals surface area contributed by atoms with Gasteiger partial charge in [0.05, 0.1) is 0 Å². The van der Waals surface area contributed by atoms with Crippen molar-refractivity contribution in [2.45, 2.75) is 6.54 Å². The van der Waals surface area contributed by atoms with Gasteiger partial charge in [0.25, 0.3) is 0 Å². The molecule has 0 atom stereocenters. The minimum atomic E-state index is 0.977. The molecular weight excluding hydrogens is 194 g/mol. The number of hydrogen-bond donors (Lipinski definition) is 0. The van der Waals surface area contributed by atoms with Crippen LogP contribution in [0.3, 0.4) is 0 Å². The second-order valence-corrected chi connectivity index (χ2v) is 4.29. The Morgan fingerprint density at radius 3 is 2.44 bits per heavy atom. The Balaban J connectivity index is 2.34. The third kappa shape index (κ3) is 1.45. The second-order valence-electron chi connectivity index (χ2n) is 4.29. The molecule has 1 aliphatic rings. The maximum absolute atomic E-state index is 2.24. The van der Waals surface area contributed by atoms with Crippen LogP contribution in [0.5, 0.6) is 0 Å². The largest absolute Gasteiger partial charge is 0.234 e. The molecule has 0 unspecified atom stereocenters. The number of rotatable bonds is 0. The van der Waals surface area contributed by atoms with Crippen molar-refractivity contribution in [3.05, 3.63) is 59.7 Å². The summed E-state index contributed by atoms with van der Waals surface area (Å²) in [5, 5.41) is 0. The summed E-state index contributed by atoms with van der Waals surface area (Å²) in [6.07, 6.45) is 2.22. The van der Waals surface area contributed by atoms with Crippen LogP contribution in [-0.2, 0) is 6.54 Å². The standard InChI is InChI=1S/C15H14N/c1-16-10-12-6-2-4-8-14(12)15-9-5-3-7-13(15)11-16/h2-10H,11H2,1H3/q+1. The summed E-state index contributed by atoms with van der Waals surface area (Å²) < 4.78 is 2.24. The van der Waals surface area contributed by atoms with Gasteiger partial charge < -0.3 is 0 Å². The van der Waals surface area contributed by atoms with Gasteiger partial charge in [-0.3, -0.25) is 0 Å². The van der Waals surface area contributed by atoms with E-state index in [1.54, 1.807) is 0 Å². The summed E-state index contributed by atoms with van der Waals surface area (Å²) in [6, 6.07) is 17.2. The number of fused-ring (bicyclic) bond motifs is 3. The lowest BCUT2D eigenvalue weighted by atomic mass is 9.97. The first-order chi connectivity index (χ1) is 7.84. The van der Waals surface area contributed by atoms with Crippen molar-refractivity contribution < 1.29 is 4.58 Å². The Labute approximate surface area is 95.7 Å². The third-order valence-corrected chi connectivity index (χ3v) is 3.05. The minimum Gasteiger partial charge on any atom is -0.234 e. The van der Waals surface area contributed by atoms with E-state index >= 15 is 0 Å². The molecule has 1 heteroatoms. The summed E-state index contributed by atoms with van der Waals surface area (Å²) in [7, 11) is 2.12. The Kier molecular flexibility index (Phi) is 2.10. The fraction of sp³-hybridized carbons (Fsp3) is 0.133. The number of nitrogens with zero attached hydrogens (tertiary/aromatic N) is 1. The Hall–Kier alpha value is -1.89. The van der Waals surface area contributed by atoms with Crippen LogP contribution in [-0.4, -0.2) is 17.8 Å². The van der Waals surface area contributed by atoms with E-state index in [9.17, 15) is 0 Å². The van der Waals surface area contributed by atoms with Crippen molar-refractivity contribution in [1.82, 2.24) is 0 Å². The van der Waals surface area contributed by atoms with E-state index in [4.69, 9.17) is 0 Å². The zero-order chi connectivity index (χ0) is 11.0. The van der Waals surface area contributed by atoms with Crippen molar-refractivity contribution >= 4 is 6.21 Å². The average Bonchev–Trinajstić information content (AvgIpc) is 2.44. The van der Waals surface area contributed by atoms with Crippen molar-refractivity contribution in [1.29, 1.82) is 0 Å². The predicted molar refractivity (Wildman–Crippen MR) is 66.9 cm³/mol. The molecule has 0 saturated heterocycles. The lowest BCUT2D eigenvalue weighted by molar-refractivity contribution is -0.508. The molecule has 0 N–H and O–H groups in total. The molecule has 0 radical (unpaired) electrons. The van der Waals surface area contributed by atoms with E-state index in [2.05, 4.69) is 66.4 Å². The Bertz CT molecular complexity index is 567. The van der Waals surface area contributed by atoms with Crippen LogP contribution >= 0.6 is 0 Å². The molecule has 78 valence electrons. The van der Waals surface area contributed by atoms with Gasteiger partial charge in [-0.05, 0) is 17.2 Å². The summed E-state index contributed by atoms with van der Waals surface area (Å²) in [5.41, 5.74) is 5.39. The molecule has 2 aromatic rings. The van der Waals surface area contributed by atoms with Crippen molar-refractivity contribution in [3.8, 4) is 11.1 Å². The molecule has 1 aliphatic heterocycles. The highest BCUT2D eigenvalue weighted by atomic mass is 14.9. The summed E-state index contributed by atoms with van der Waals surface area (Å²) in [5.74, 6) is 0. The van der Waals surface area contributed by atoms with Gasteiger partial charge in [-0.1, -0.05) is 42.5 Å². The van der Waals surface area contributed by atoms with Crippen molar-refractivity contribution in [2.75, 3.05) is 7.05 Å². The molecule has 3 rings (SSSR count). The molecule has 0 bridgehead atoms. The van der Waals surface area contributed by atoms with E-state index in [0.29, 0.717) is 0 Å². The van der Waals surface area contributed by atoms with Gasteiger partial charge in [-0.2, -0.15) is 0 Å². The second kappa shape index (κ2) is 3.60. The van der Waals surface area contributed by atoms with Gasteiger partial charge >= 0.3 is 0 Å². The molecule has 0 aromatic heterocycles. The van der Waals surface area contributed by atoms with Gasteiger partial charge in [0.15, 0.2) is 12.8 Å². The van der Waals surface area contributed by atoms with Gasteiger partial charge in [-0.25, -0.2) is 4.58 Å². The highest BCUT2D eigenvalue weighted by molar-refractivity contribution is 5.89. The number of benzene rings is 2. The normalized spacial score (nSPS) is 13.4. The summed E-state index contributed by atoms with van der Waals surface area (Å²) in [6.45, 7) is 0.977. The average molecular weight is 208 g/mol. The minimum absolute atomic E-state index is 0.977. The molecule has 0 amide bonds. The van der Waals surface area contributed by atoms with Crippen LogP contribution in [0.1, 0.15) is 11.1 Å². The first-order valence-electron chi connectivity index (χ1n) is 5.57. The molecule has 16 heavy (non-hydrogen) atoms. The quantitative estimate of drug-likeness (QED) is 0.586. The van der Waals surface area contributed by atoms with Crippen LogP contribution in [0.4, 0.5) is 0 Å². The van der Waals surface area contributed by atoms with Gasteiger partial charge in [0.2, 0.25) is 0 Å². The first kappa shape index (κ1) is 9.34. The molecule has 0 fully saturated rings. The van der Waals surface area contributed by atoms with Crippen molar-refractivity contribution in [3.63, 3.8) is 0 Å². The highest BCUT2D eigenvalue weighted by Crippen LogP contribution is 2.28. The maximum Gasteiger partial charge on any atom is 0.171 e. The molecule has 0 aliphatic carbocycles. The maximum atomic E-state index is 2.24. The van der Waals surface area contributed by atoms with Crippen LogP contribution in [0, 0.1) is 0 Å². The third-order valence-electron chi connectivity index (χ3n) is 3.05. The zero-order valence-corrected chi connectivity index (χ0v) is 9.35. The smallest absolute Gasteiger partial charge is 0.171 e. The van der Waals surface area contributed by atoms with Crippen LogP contribution in [0.2, 0.25) is 0 Å². The number of hydrogen-bond acceptors (Lipinski definition) is 0. The summed E-state index contributed by atoms with van der Waals surface area (Å²) in [4.78, 5) is 0. The lowest BCUT2D eigenvalue weighted by Crippen LogP contribution is -2.05. The van der Waals surface area contributed by atoms with Gasteiger partial charge in [-0.15, -0.1) is 0 Å². The fourth-order valence-electron chi connectivity index (χ4n) is 2.33. The molecule has 0 saturated carbocycles. The topological polar surface area (TPSA) is 3.01 Å². The van der Waals surface area contributed by atoms with E-state index in [1.165, 1.54) is 22.3 Å². The lowest BCUT2D eigenvalue weighted by Gasteiger charge is -2.05.